The molecule has 2 heterocycles. The summed E-state index contributed by atoms with van der Waals surface area (Å²) in [4.78, 5) is 17.3. The Morgan fingerprint density at radius 1 is 1.19 bits per heavy atom. The molecule has 3 rings (SSSR count). The number of amides is 1. The van der Waals surface area contributed by atoms with Crippen LogP contribution in [0.25, 0.3) is 6.08 Å². The number of methoxy groups -OCH3 is 2. The molecule has 6 nitrogen and oxygen atoms in total. The van der Waals surface area contributed by atoms with Gasteiger partial charge in [-0.2, -0.15) is 0 Å². The molecule has 1 aromatic rings. The van der Waals surface area contributed by atoms with Crippen LogP contribution in [0.2, 0.25) is 0 Å². The van der Waals surface area contributed by atoms with Crippen molar-refractivity contribution in [1.82, 2.24) is 9.80 Å². The summed E-state index contributed by atoms with van der Waals surface area (Å²) < 4.78 is 16.5. The summed E-state index contributed by atoms with van der Waals surface area (Å²) in [5, 5.41) is 0. The number of ether oxygens (including phenoxy) is 3. The number of nitrogens with zero attached hydrogens (tertiary/aromatic N) is 2. The van der Waals surface area contributed by atoms with E-state index in [2.05, 4.69) is 4.90 Å². The van der Waals surface area contributed by atoms with Gasteiger partial charge >= 0.3 is 0 Å². The number of thioether (sulfide) groups is 1. The minimum atomic E-state index is -0.0388. The van der Waals surface area contributed by atoms with E-state index in [9.17, 15) is 4.79 Å². The molecule has 0 aliphatic carbocycles. The van der Waals surface area contributed by atoms with Gasteiger partial charge in [0.1, 0.15) is 4.32 Å². The molecular weight excluding hydrogens is 372 g/mol. The Morgan fingerprint density at radius 3 is 2.62 bits per heavy atom. The van der Waals surface area contributed by atoms with Crippen LogP contribution < -0.4 is 9.47 Å². The first-order chi connectivity index (χ1) is 12.6. The minimum absolute atomic E-state index is 0.0388. The van der Waals surface area contributed by atoms with Crippen LogP contribution in [-0.2, 0) is 9.53 Å². The number of carbonyl (C=O) groups is 1. The molecule has 1 aromatic carbocycles. The van der Waals surface area contributed by atoms with E-state index in [4.69, 9.17) is 26.4 Å². The highest BCUT2D eigenvalue weighted by molar-refractivity contribution is 8.26. The highest BCUT2D eigenvalue weighted by atomic mass is 32.2. The lowest BCUT2D eigenvalue weighted by molar-refractivity contribution is -0.122. The second-order valence-corrected chi connectivity index (χ2v) is 7.58. The van der Waals surface area contributed by atoms with Gasteiger partial charge in [-0.25, -0.2) is 0 Å². The zero-order chi connectivity index (χ0) is 18.5. The summed E-state index contributed by atoms with van der Waals surface area (Å²) >= 11 is 6.75. The maximum absolute atomic E-state index is 12.7. The van der Waals surface area contributed by atoms with Crippen molar-refractivity contribution in [3.63, 3.8) is 0 Å². The summed E-state index contributed by atoms with van der Waals surface area (Å²) in [5.74, 6) is 1.25. The molecule has 0 atom stereocenters. The largest absolute Gasteiger partial charge is 0.493 e. The van der Waals surface area contributed by atoms with Crippen LogP contribution >= 0.6 is 24.0 Å². The van der Waals surface area contributed by atoms with Crippen LogP contribution in [-0.4, -0.2) is 73.6 Å². The summed E-state index contributed by atoms with van der Waals surface area (Å²) in [7, 11) is 3.18. The first-order valence-corrected chi connectivity index (χ1v) is 9.62. The van der Waals surface area contributed by atoms with Gasteiger partial charge in [0.25, 0.3) is 5.91 Å². The van der Waals surface area contributed by atoms with Crippen LogP contribution in [0.5, 0.6) is 11.5 Å². The predicted octanol–water partition coefficient (Wildman–Crippen LogP) is 2.24. The van der Waals surface area contributed by atoms with Crippen LogP contribution in [0, 0.1) is 0 Å². The van der Waals surface area contributed by atoms with E-state index in [1.807, 2.05) is 24.3 Å². The summed E-state index contributed by atoms with van der Waals surface area (Å²) in [6.07, 6.45) is 1.84. The van der Waals surface area contributed by atoms with Crippen molar-refractivity contribution in [1.29, 1.82) is 0 Å². The Morgan fingerprint density at radius 2 is 1.92 bits per heavy atom. The number of hydrogen-bond acceptors (Lipinski definition) is 7. The molecule has 0 aromatic heterocycles. The van der Waals surface area contributed by atoms with E-state index < -0.39 is 0 Å². The molecule has 2 fully saturated rings. The van der Waals surface area contributed by atoms with E-state index in [-0.39, 0.29) is 5.91 Å². The first kappa shape index (κ1) is 19.2. The maximum atomic E-state index is 12.7. The van der Waals surface area contributed by atoms with Gasteiger partial charge in [0.2, 0.25) is 0 Å². The molecular formula is C18H22N2O4S2. The van der Waals surface area contributed by atoms with E-state index in [0.29, 0.717) is 27.3 Å². The summed E-state index contributed by atoms with van der Waals surface area (Å²) in [5.41, 5.74) is 0.872. The van der Waals surface area contributed by atoms with E-state index >= 15 is 0 Å². The van der Waals surface area contributed by atoms with Crippen molar-refractivity contribution < 1.29 is 19.0 Å². The summed E-state index contributed by atoms with van der Waals surface area (Å²) in [6.45, 7) is 4.70. The molecule has 1 amide bonds. The number of hydrogen-bond donors (Lipinski definition) is 0. The molecule has 2 aliphatic rings. The molecule has 26 heavy (non-hydrogen) atoms. The number of carbonyl (C=O) groups excluding carboxylic acids is 1. The van der Waals surface area contributed by atoms with E-state index in [1.165, 1.54) is 11.8 Å². The second kappa shape index (κ2) is 8.85. The minimum Gasteiger partial charge on any atom is -0.493 e. The average molecular weight is 395 g/mol. The fraction of sp³-hybridized carbons (Fsp3) is 0.444. The number of rotatable bonds is 6. The van der Waals surface area contributed by atoms with Gasteiger partial charge in [-0.3, -0.25) is 14.6 Å². The third kappa shape index (κ3) is 4.37. The molecule has 0 spiro atoms. The highest BCUT2D eigenvalue weighted by Crippen LogP contribution is 2.34. The van der Waals surface area contributed by atoms with Crippen LogP contribution in [0.3, 0.4) is 0 Å². The highest BCUT2D eigenvalue weighted by Gasteiger charge is 2.32. The molecule has 0 saturated carbocycles. The topological polar surface area (TPSA) is 51.2 Å². The monoisotopic (exact) mass is 394 g/mol. The predicted molar refractivity (Wildman–Crippen MR) is 107 cm³/mol. The zero-order valence-corrected chi connectivity index (χ0v) is 16.5. The molecule has 140 valence electrons. The third-order valence-corrected chi connectivity index (χ3v) is 5.70. The SMILES string of the molecule is COc1ccc(/C=C2\SC(=S)N(CCN3CCOCC3)C2=O)cc1OC. The van der Waals surface area contributed by atoms with Gasteiger partial charge in [0, 0.05) is 26.2 Å². The van der Waals surface area contributed by atoms with Crippen LogP contribution in [0.15, 0.2) is 23.1 Å². The van der Waals surface area contributed by atoms with Crippen molar-refractivity contribution in [2.45, 2.75) is 0 Å². The second-order valence-electron chi connectivity index (χ2n) is 5.90. The van der Waals surface area contributed by atoms with Crippen molar-refractivity contribution in [2.75, 3.05) is 53.6 Å². The molecule has 8 heteroatoms. The van der Waals surface area contributed by atoms with Crippen molar-refractivity contribution in [3.8, 4) is 11.5 Å². The normalized spacial score (nSPS) is 20.1. The molecule has 2 saturated heterocycles. The van der Waals surface area contributed by atoms with Gasteiger partial charge < -0.3 is 14.2 Å². The van der Waals surface area contributed by atoms with Gasteiger partial charge in [-0.1, -0.05) is 30.0 Å². The Bertz CT molecular complexity index is 717. The Balaban J connectivity index is 1.68. The number of thiocarbonyl (C=S) groups is 1. The van der Waals surface area contributed by atoms with Crippen molar-refractivity contribution in [2.24, 2.45) is 0 Å². The average Bonchev–Trinajstić information content (AvgIpc) is 2.93. The summed E-state index contributed by atoms with van der Waals surface area (Å²) in [6, 6.07) is 5.56. The standard InChI is InChI=1S/C18H22N2O4S2/c1-22-14-4-3-13(11-15(14)23-2)12-16-17(21)20(18(25)26-16)6-5-19-7-9-24-10-8-19/h3-4,11-12H,5-10H2,1-2H3/b16-12-. The van der Waals surface area contributed by atoms with Gasteiger partial charge in [0.15, 0.2) is 11.5 Å². The first-order valence-electron chi connectivity index (χ1n) is 8.40. The maximum Gasteiger partial charge on any atom is 0.266 e. The molecule has 0 bridgehead atoms. The van der Waals surface area contributed by atoms with Crippen molar-refractivity contribution >= 4 is 40.3 Å². The zero-order valence-electron chi connectivity index (χ0n) is 14.9. The molecule has 2 aliphatic heterocycles. The van der Waals surface area contributed by atoms with Crippen LogP contribution in [0.1, 0.15) is 5.56 Å². The Labute approximate surface area is 163 Å². The van der Waals surface area contributed by atoms with Gasteiger partial charge in [-0.05, 0) is 23.8 Å². The Hall–Kier alpha value is -1.61. The molecule has 0 radical (unpaired) electrons. The lowest BCUT2D eigenvalue weighted by Gasteiger charge is -2.28. The lowest BCUT2D eigenvalue weighted by atomic mass is 10.2. The van der Waals surface area contributed by atoms with Crippen LogP contribution in [0.4, 0.5) is 0 Å². The fourth-order valence-corrected chi connectivity index (χ4v) is 4.16. The van der Waals surface area contributed by atoms with E-state index in [0.717, 1.165) is 38.4 Å². The Kier molecular flexibility index (Phi) is 6.53. The van der Waals surface area contributed by atoms with E-state index in [1.54, 1.807) is 19.1 Å². The molecule has 0 N–H and O–H groups in total. The van der Waals surface area contributed by atoms with Gasteiger partial charge in [0.05, 0.1) is 32.3 Å². The number of benzene rings is 1. The smallest absolute Gasteiger partial charge is 0.266 e. The van der Waals surface area contributed by atoms with Gasteiger partial charge in [-0.15, -0.1) is 0 Å². The quantitative estimate of drug-likeness (QED) is 0.542. The number of morpholine rings is 1. The molecule has 0 unspecified atom stereocenters. The third-order valence-electron chi connectivity index (χ3n) is 4.32. The lowest BCUT2D eigenvalue weighted by Crippen LogP contribution is -2.42. The van der Waals surface area contributed by atoms with Crippen molar-refractivity contribution in [3.05, 3.63) is 28.7 Å². The fourth-order valence-electron chi connectivity index (χ4n) is 2.85.